The van der Waals surface area contributed by atoms with Gasteiger partial charge < -0.3 is 21.9 Å². The predicted molar refractivity (Wildman–Crippen MR) is 208 cm³/mol. The third kappa shape index (κ3) is 10.0. The number of benzene rings is 2. The van der Waals surface area contributed by atoms with Crippen LogP contribution in [0.2, 0.25) is 10.0 Å². The summed E-state index contributed by atoms with van der Waals surface area (Å²) in [6.07, 6.45) is 31.0. The Morgan fingerprint density at radius 1 is 0.646 bits per heavy atom. The van der Waals surface area contributed by atoms with Crippen molar-refractivity contribution in [2.45, 2.75) is 129 Å². The lowest BCUT2D eigenvalue weighted by Gasteiger charge is -2.27. The third-order valence-electron chi connectivity index (χ3n) is 10.1. The molecule has 0 N–H and O–H groups in total. The van der Waals surface area contributed by atoms with E-state index in [1.54, 1.807) is 0 Å². The van der Waals surface area contributed by atoms with Crippen LogP contribution in [0.4, 0.5) is 11.4 Å². The third-order valence-corrected chi connectivity index (χ3v) is 10.6. The van der Waals surface area contributed by atoms with Crippen molar-refractivity contribution >= 4 is 40.3 Å². The molecule has 2 nitrogen and oxygen atoms in total. The molecule has 262 valence electrons. The lowest BCUT2D eigenvalue weighted by Crippen LogP contribution is -3.00. The minimum absolute atomic E-state index is 0. The quantitative estimate of drug-likeness (QED) is 0.0835. The molecule has 2 heterocycles. The molecule has 0 aromatic heterocycles. The zero-order chi connectivity index (χ0) is 33.9. The summed E-state index contributed by atoms with van der Waals surface area (Å²) >= 11 is 12.9. The van der Waals surface area contributed by atoms with Gasteiger partial charge in [-0.05, 0) is 68.7 Å². The molecule has 48 heavy (non-hydrogen) atoms. The van der Waals surface area contributed by atoms with Gasteiger partial charge in [-0.1, -0.05) is 139 Å². The van der Waals surface area contributed by atoms with Crippen molar-refractivity contribution in [3.8, 4) is 0 Å². The number of hydrogen-bond donors (Lipinski definition) is 0. The van der Waals surface area contributed by atoms with Gasteiger partial charge in [-0.2, -0.15) is 4.58 Å². The Balaban J connectivity index is 0.00000625. The van der Waals surface area contributed by atoms with Gasteiger partial charge in [-0.25, -0.2) is 0 Å². The zero-order valence-corrected chi connectivity index (χ0v) is 33.5. The lowest BCUT2D eigenvalue weighted by molar-refractivity contribution is -0.438. The molecule has 2 aromatic rings. The number of fused-ring (bicyclic) bond motifs is 2. The Bertz CT molecular complexity index is 1490. The first kappa shape index (κ1) is 40.4. The first-order chi connectivity index (χ1) is 22.6. The van der Waals surface area contributed by atoms with Crippen LogP contribution in [0.25, 0.3) is 0 Å². The number of allylic oxidation sites excluding steroid dienone is 8. The monoisotopic (exact) mass is 752 g/mol. The molecule has 0 amide bonds. The van der Waals surface area contributed by atoms with Gasteiger partial charge in [0.1, 0.15) is 6.54 Å². The molecule has 0 bridgehead atoms. The highest BCUT2D eigenvalue weighted by atomic mass is 79.9. The van der Waals surface area contributed by atoms with Gasteiger partial charge in [0.2, 0.25) is 5.69 Å². The number of anilines is 1. The van der Waals surface area contributed by atoms with Crippen LogP contribution >= 0.6 is 23.2 Å². The minimum Gasteiger partial charge on any atom is -1.00 e. The van der Waals surface area contributed by atoms with Crippen molar-refractivity contribution in [1.29, 1.82) is 0 Å². The minimum atomic E-state index is -0.0988. The summed E-state index contributed by atoms with van der Waals surface area (Å²) in [6, 6.07) is 12.8. The number of nitrogens with zero attached hydrogens (tertiary/aromatic N) is 2. The summed E-state index contributed by atoms with van der Waals surface area (Å²) in [5.41, 5.74) is 7.72. The van der Waals surface area contributed by atoms with Crippen LogP contribution in [0.3, 0.4) is 0 Å². The molecule has 2 aromatic carbocycles. The van der Waals surface area contributed by atoms with E-state index in [1.165, 1.54) is 111 Å². The van der Waals surface area contributed by atoms with Crippen LogP contribution in [0, 0.1) is 0 Å². The summed E-state index contributed by atoms with van der Waals surface area (Å²) in [5, 5.41) is 1.62. The van der Waals surface area contributed by atoms with E-state index in [0.29, 0.717) is 0 Å². The van der Waals surface area contributed by atoms with E-state index >= 15 is 0 Å². The molecule has 0 unspecified atom stereocenters. The van der Waals surface area contributed by atoms with Crippen molar-refractivity contribution in [2.75, 3.05) is 18.0 Å². The number of halogens is 3. The van der Waals surface area contributed by atoms with Crippen molar-refractivity contribution in [1.82, 2.24) is 0 Å². The van der Waals surface area contributed by atoms with E-state index in [4.69, 9.17) is 23.2 Å². The molecular formula is C43H59BrCl2N2. The fourth-order valence-electron chi connectivity index (χ4n) is 7.36. The zero-order valence-electron chi connectivity index (χ0n) is 30.4. The van der Waals surface area contributed by atoms with Crippen LogP contribution in [0.5, 0.6) is 0 Å². The molecule has 0 spiro atoms. The summed E-state index contributed by atoms with van der Waals surface area (Å²) in [4.78, 5) is 2.53. The Morgan fingerprint density at radius 3 is 1.90 bits per heavy atom. The van der Waals surface area contributed by atoms with E-state index in [2.05, 4.69) is 118 Å². The average molecular weight is 755 g/mol. The Kier molecular flexibility index (Phi) is 16.3. The van der Waals surface area contributed by atoms with Crippen LogP contribution in [-0.2, 0) is 10.8 Å². The van der Waals surface area contributed by atoms with E-state index in [-0.39, 0.29) is 27.8 Å². The maximum atomic E-state index is 6.47. The van der Waals surface area contributed by atoms with Gasteiger partial charge in [0.25, 0.3) is 0 Å². The van der Waals surface area contributed by atoms with Gasteiger partial charge >= 0.3 is 0 Å². The van der Waals surface area contributed by atoms with Gasteiger partial charge in [0.15, 0.2) is 5.71 Å². The molecule has 2 aliphatic rings. The molecule has 0 radical (unpaired) electrons. The topological polar surface area (TPSA) is 6.25 Å². The second kappa shape index (κ2) is 19.4. The SMILES string of the molecule is CCCCCCCCN1C(=CC=CC=CC=CC2=[N+](CCCCCCCC)c3ccc(Cl)cc3C2(C)C)C(C)(C)c2cc(Cl)ccc21.[Br-]. The Morgan fingerprint density at radius 2 is 1.21 bits per heavy atom. The van der Waals surface area contributed by atoms with Crippen LogP contribution < -0.4 is 21.9 Å². The summed E-state index contributed by atoms with van der Waals surface area (Å²) in [7, 11) is 0. The van der Waals surface area contributed by atoms with Crippen molar-refractivity contribution < 1.29 is 21.6 Å². The smallest absolute Gasteiger partial charge is 0.209 e. The molecule has 0 saturated heterocycles. The van der Waals surface area contributed by atoms with Crippen molar-refractivity contribution in [2.24, 2.45) is 0 Å². The first-order valence-electron chi connectivity index (χ1n) is 18.4. The van der Waals surface area contributed by atoms with Gasteiger partial charge in [-0.3, -0.25) is 0 Å². The molecule has 0 atom stereocenters. The van der Waals surface area contributed by atoms with Crippen LogP contribution in [-0.4, -0.2) is 23.4 Å². The van der Waals surface area contributed by atoms with Crippen LogP contribution in [0.1, 0.15) is 130 Å². The Hall–Kier alpha value is -2.07. The van der Waals surface area contributed by atoms with E-state index in [1.807, 2.05) is 12.1 Å². The van der Waals surface area contributed by atoms with E-state index in [9.17, 15) is 0 Å². The normalized spacial score (nSPS) is 17.3. The fraction of sp³-hybridized carbons (Fsp3) is 0.512. The lowest BCUT2D eigenvalue weighted by atomic mass is 9.81. The highest BCUT2D eigenvalue weighted by Crippen LogP contribution is 2.48. The first-order valence-corrected chi connectivity index (χ1v) is 19.1. The predicted octanol–water partition coefficient (Wildman–Crippen LogP) is 10.4. The number of rotatable bonds is 18. The second-order valence-corrected chi connectivity index (χ2v) is 15.4. The molecule has 5 heteroatoms. The van der Waals surface area contributed by atoms with Crippen LogP contribution in [0.15, 0.2) is 84.6 Å². The Labute approximate surface area is 313 Å². The van der Waals surface area contributed by atoms with Gasteiger partial charge in [0.05, 0.1) is 5.41 Å². The molecule has 4 rings (SSSR count). The molecule has 0 fully saturated rings. The standard InChI is InChI=1S/C43H59Cl2N2.BrH/c1-7-9-11-13-18-22-30-46-38-28-26-34(44)32-36(38)42(3,4)40(46)24-20-16-15-17-21-25-41-43(5,6)37-33-35(45)27-29-39(37)47(41)31-23-19-14-12-10-8-2;/h15-17,20-21,24-29,32-33H,7-14,18-19,22-23,30-31H2,1-6H3;1H/q+1;/p-1. The largest absolute Gasteiger partial charge is 1.00 e. The van der Waals surface area contributed by atoms with Crippen molar-refractivity contribution in [3.63, 3.8) is 0 Å². The average Bonchev–Trinajstić information content (AvgIpc) is 3.37. The van der Waals surface area contributed by atoms with Gasteiger partial charge in [-0.15, -0.1) is 0 Å². The number of hydrogen-bond acceptors (Lipinski definition) is 1. The highest BCUT2D eigenvalue weighted by molar-refractivity contribution is 6.31. The second-order valence-electron chi connectivity index (χ2n) is 14.5. The fourth-order valence-corrected chi connectivity index (χ4v) is 7.71. The van der Waals surface area contributed by atoms with Gasteiger partial charge in [0, 0.05) is 57.5 Å². The highest BCUT2D eigenvalue weighted by Gasteiger charge is 2.44. The molecule has 0 aliphatic carbocycles. The maximum absolute atomic E-state index is 6.47. The van der Waals surface area contributed by atoms with E-state index in [0.717, 1.165) is 23.1 Å². The maximum Gasteiger partial charge on any atom is 0.209 e. The molecule has 2 aliphatic heterocycles. The molecule has 0 saturated carbocycles. The summed E-state index contributed by atoms with van der Waals surface area (Å²) in [6.45, 7) is 15.9. The molecular weight excluding hydrogens is 695 g/mol. The summed E-state index contributed by atoms with van der Waals surface area (Å²) in [5.74, 6) is 0. The van der Waals surface area contributed by atoms with E-state index < -0.39 is 0 Å². The van der Waals surface area contributed by atoms with Crippen molar-refractivity contribution in [3.05, 3.63) is 106 Å². The summed E-state index contributed by atoms with van der Waals surface area (Å²) < 4.78 is 2.53. The number of unbranched alkanes of at least 4 members (excludes halogenated alkanes) is 10.